The summed E-state index contributed by atoms with van der Waals surface area (Å²) in [6.45, 7) is 5.00. The number of hydrogen-bond acceptors (Lipinski definition) is 5. The molecule has 0 aliphatic carbocycles. The Morgan fingerprint density at radius 3 is 3.14 bits per heavy atom. The first-order valence-corrected chi connectivity index (χ1v) is 5.71. The van der Waals surface area contributed by atoms with Crippen LogP contribution in [0.2, 0.25) is 0 Å². The van der Waals surface area contributed by atoms with Crippen molar-refractivity contribution in [3.05, 3.63) is 11.1 Å². The Morgan fingerprint density at radius 1 is 1.64 bits per heavy atom. The third-order valence-electron chi connectivity index (χ3n) is 1.71. The van der Waals surface area contributed by atoms with Crippen LogP contribution < -0.4 is 11.1 Å². The molecule has 4 nitrogen and oxygen atoms in total. The van der Waals surface area contributed by atoms with E-state index in [2.05, 4.69) is 10.3 Å². The first kappa shape index (κ1) is 11.4. The Morgan fingerprint density at radius 2 is 2.50 bits per heavy atom. The number of thiazole rings is 1. The van der Waals surface area contributed by atoms with E-state index in [-0.39, 0.29) is 0 Å². The lowest BCUT2D eigenvalue weighted by atomic mass is 10.4. The predicted octanol–water partition coefficient (Wildman–Crippen LogP) is 1.44. The van der Waals surface area contributed by atoms with Crippen LogP contribution in [0.3, 0.4) is 0 Å². The van der Waals surface area contributed by atoms with Crippen molar-refractivity contribution in [1.82, 2.24) is 4.98 Å². The summed E-state index contributed by atoms with van der Waals surface area (Å²) in [4.78, 5) is 4.29. The molecule has 5 heteroatoms. The SMILES string of the molecule is CCOCCCNc1nc(CN)cs1. The summed E-state index contributed by atoms with van der Waals surface area (Å²) < 4.78 is 5.22. The van der Waals surface area contributed by atoms with Gasteiger partial charge in [0.25, 0.3) is 0 Å². The van der Waals surface area contributed by atoms with Crippen LogP contribution in [0.15, 0.2) is 5.38 Å². The number of nitrogens with one attached hydrogen (secondary N) is 1. The number of rotatable bonds is 7. The van der Waals surface area contributed by atoms with Crippen molar-refractivity contribution in [2.45, 2.75) is 19.9 Å². The first-order valence-electron chi connectivity index (χ1n) is 4.83. The van der Waals surface area contributed by atoms with E-state index in [1.807, 2.05) is 12.3 Å². The van der Waals surface area contributed by atoms with E-state index in [4.69, 9.17) is 10.5 Å². The fraction of sp³-hybridized carbons (Fsp3) is 0.667. The number of nitrogens with zero attached hydrogens (tertiary/aromatic N) is 1. The first-order chi connectivity index (χ1) is 6.86. The highest BCUT2D eigenvalue weighted by Crippen LogP contribution is 2.14. The molecule has 1 heterocycles. The zero-order valence-electron chi connectivity index (χ0n) is 8.45. The average molecular weight is 215 g/mol. The molecule has 0 saturated carbocycles. The topological polar surface area (TPSA) is 60.2 Å². The second kappa shape index (κ2) is 6.75. The van der Waals surface area contributed by atoms with E-state index in [0.29, 0.717) is 6.54 Å². The van der Waals surface area contributed by atoms with Gasteiger partial charge in [-0.15, -0.1) is 11.3 Å². The van der Waals surface area contributed by atoms with Crippen molar-refractivity contribution in [1.29, 1.82) is 0 Å². The van der Waals surface area contributed by atoms with Gasteiger partial charge in [0, 0.05) is 31.7 Å². The van der Waals surface area contributed by atoms with Gasteiger partial charge < -0.3 is 15.8 Å². The number of hydrogen-bond donors (Lipinski definition) is 2. The molecular weight excluding hydrogens is 198 g/mol. The van der Waals surface area contributed by atoms with Gasteiger partial charge in [0.1, 0.15) is 0 Å². The van der Waals surface area contributed by atoms with Gasteiger partial charge in [0.2, 0.25) is 0 Å². The minimum Gasteiger partial charge on any atom is -0.382 e. The lowest BCUT2D eigenvalue weighted by Crippen LogP contribution is -2.05. The molecule has 3 N–H and O–H groups in total. The molecule has 0 saturated heterocycles. The molecule has 0 radical (unpaired) electrons. The van der Waals surface area contributed by atoms with Gasteiger partial charge in [-0.05, 0) is 13.3 Å². The van der Waals surface area contributed by atoms with Crippen molar-refractivity contribution in [2.75, 3.05) is 25.1 Å². The Balaban J connectivity index is 2.12. The second-order valence-corrected chi connectivity index (χ2v) is 3.68. The molecule has 14 heavy (non-hydrogen) atoms. The van der Waals surface area contributed by atoms with Crippen LogP contribution in [0.1, 0.15) is 19.0 Å². The number of anilines is 1. The molecule has 0 spiro atoms. The van der Waals surface area contributed by atoms with Crippen molar-refractivity contribution in [3.63, 3.8) is 0 Å². The number of ether oxygens (including phenoxy) is 1. The smallest absolute Gasteiger partial charge is 0.182 e. The quantitative estimate of drug-likeness (QED) is 0.676. The molecule has 1 aromatic rings. The highest BCUT2D eigenvalue weighted by molar-refractivity contribution is 7.13. The fourth-order valence-electron chi connectivity index (χ4n) is 0.996. The third-order valence-corrected chi connectivity index (χ3v) is 2.56. The third kappa shape index (κ3) is 4.04. The van der Waals surface area contributed by atoms with E-state index in [9.17, 15) is 0 Å². The van der Waals surface area contributed by atoms with Gasteiger partial charge in [-0.2, -0.15) is 0 Å². The van der Waals surface area contributed by atoms with E-state index in [0.717, 1.165) is 37.0 Å². The van der Waals surface area contributed by atoms with Crippen LogP contribution >= 0.6 is 11.3 Å². The van der Waals surface area contributed by atoms with Crippen molar-refractivity contribution in [3.8, 4) is 0 Å². The highest BCUT2D eigenvalue weighted by Gasteiger charge is 1.98. The van der Waals surface area contributed by atoms with Crippen LogP contribution in [0.5, 0.6) is 0 Å². The van der Waals surface area contributed by atoms with Crippen molar-refractivity contribution < 1.29 is 4.74 Å². The molecular formula is C9H17N3OS. The van der Waals surface area contributed by atoms with Gasteiger partial charge in [0.15, 0.2) is 5.13 Å². The molecule has 0 atom stereocenters. The highest BCUT2D eigenvalue weighted by atomic mass is 32.1. The lowest BCUT2D eigenvalue weighted by Gasteiger charge is -2.02. The van der Waals surface area contributed by atoms with Crippen LogP contribution in [0, 0.1) is 0 Å². The van der Waals surface area contributed by atoms with Gasteiger partial charge in [-0.1, -0.05) is 0 Å². The van der Waals surface area contributed by atoms with Crippen molar-refractivity contribution in [2.24, 2.45) is 5.73 Å². The summed E-state index contributed by atoms with van der Waals surface area (Å²) in [6.07, 6.45) is 1.01. The van der Waals surface area contributed by atoms with Crippen LogP contribution in [-0.4, -0.2) is 24.7 Å². The molecule has 0 amide bonds. The van der Waals surface area contributed by atoms with E-state index >= 15 is 0 Å². The van der Waals surface area contributed by atoms with Gasteiger partial charge in [-0.3, -0.25) is 0 Å². The van der Waals surface area contributed by atoms with Crippen LogP contribution in [-0.2, 0) is 11.3 Å². The zero-order chi connectivity index (χ0) is 10.2. The van der Waals surface area contributed by atoms with Gasteiger partial charge >= 0.3 is 0 Å². The predicted molar refractivity (Wildman–Crippen MR) is 59.6 cm³/mol. The van der Waals surface area contributed by atoms with Gasteiger partial charge in [0.05, 0.1) is 5.69 Å². The monoisotopic (exact) mass is 215 g/mol. The standard InChI is InChI=1S/C9H17N3OS/c1-2-13-5-3-4-11-9-12-8(6-10)7-14-9/h7H,2-6,10H2,1H3,(H,11,12). The Bertz CT molecular complexity index is 252. The minimum atomic E-state index is 0.511. The second-order valence-electron chi connectivity index (χ2n) is 2.83. The molecule has 0 unspecified atom stereocenters. The Hall–Kier alpha value is -0.650. The summed E-state index contributed by atoms with van der Waals surface area (Å²) >= 11 is 1.59. The molecule has 0 fully saturated rings. The van der Waals surface area contributed by atoms with Crippen molar-refractivity contribution >= 4 is 16.5 Å². The summed E-state index contributed by atoms with van der Waals surface area (Å²) in [7, 11) is 0. The van der Waals surface area contributed by atoms with E-state index in [1.165, 1.54) is 0 Å². The molecule has 1 aromatic heterocycles. The molecule has 0 aliphatic rings. The fourth-order valence-corrected chi connectivity index (χ4v) is 1.75. The Kier molecular flexibility index (Phi) is 5.51. The number of aromatic nitrogens is 1. The molecule has 0 aliphatic heterocycles. The normalized spacial score (nSPS) is 10.4. The maximum atomic E-state index is 5.45. The summed E-state index contributed by atoms with van der Waals surface area (Å²) in [6, 6.07) is 0. The van der Waals surface area contributed by atoms with Crippen LogP contribution in [0.4, 0.5) is 5.13 Å². The minimum absolute atomic E-state index is 0.511. The lowest BCUT2D eigenvalue weighted by molar-refractivity contribution is 0.147. The molecule has 1 rings (SSSR count). The maximum absolute atomic E-state index is 5.45. The Labute approximate surface area is 88.5 Å². The summed E-state index contributed by atoms with van der Waals surface area (Å²) in [5, 5.41) is 6.15. The maximum Gasteiger partial charge on any atom is 0.182 e. The largest absolute Gasteiger partial charge is 0.382 e. The molecule has 0 bridgehead atoms. The van der Waals surface area contributed by atoms with E-state index < -0.39 is 0 Å². The zero-order valence-corrected chi connectivity index (χ0v) is 9.27. The average Bonchev–Trinajstić information content (AvgIpc) is 2.65. The number of nitrogens with two attached hydrogens (primary N) is 1. The summed E-state index contributed by atoms with van der Waals surface area (Å²) in [5.74, 6) is 0. The summed E-state index contributed by atoms with van der Waals surface area (Å²) in [5.41, 5.74) is 6.40. The van der Waals surface area contributed by atoms with Gasteiger partial charge in [-0.25, -0.2) is 4.98 Å². The molecule has 0 aromatic carbocycles. The van der Waals surface area contributed by atoms with E-state index in [1.54, 1.807) is 11.3 Å². The molecule has 80 valence electrons. The van der Waals surface area contributed by atoms with Crippen LogP contribution in [0.25, 0.3) is 0 Å².